The lowest BCUT2D eigenvalue weighted by Gasteiger charge is -2.14. The van der Waals surface area contributed by atoms with Crippen LogP contribution < -0.4 is 16.6 Å². The number of hydrazine groups is 1. The van der Waals surface area contributed by atoms with Gasteiger partial charge >= 0.3 is 6.18 Å². The maximum Gasteiger partial charge on any atom is 0.419 e. The van der Waals surface area contributed by atoms with Crippen molar-refractivity contribution in [2.24, 2.45) is 0 Å². The van der Waals surface area contributed by atoms with Gasteiger partial charge in [0.25, 0.3) is 11.8 Å². The number of anilines is 1. The van der Waals surface area contributed by atoms with E-state index in [1.807, 2.05) is 10.9 Å². The Morgan fingerprint density at radius 3 is 2.62 bits per heavy atom. The van der Waals surface area contributed by atoms with Crippen molar-refractivity contribution in [1.29, 1.82) is 0 Å². The van der Waals surface area contributed by atoms with Crippen LogP contribution in [-0.2, 0) is 11.0 Å². The standard InChI is InChI=1S/C13H14BrF3N4O3/c1-2-3-4-8(22)11(23)20-21-12(24)9-7(18)5-6(10(14)19-9)13(15,16)17/h2,5,8,22H,1,3-4,18H2,(H,20,23)(H,21,24). The highest BCUT2D eigenvalue weighted by Gasteiger charge is 2.35. The molecule has 0 spiro atoms. The molecule has 0 fully saturated rings. The number of hydrogen-bond acceptors (Lipinski definition) is 5. The number of aromatic nitrogens is 1. The fourth-order valence-corrected chi connectivity index (χ4v) is 2.07. The van der Waals surface area contributed by atoms with E-state index >= 15 is 0 Å². The number of carbonyl (C=O) groups excluding carboxylic acids is 2. The molecule has 0 aliphatic carbocycles. The molecule has 0 saturated heterocycles. The van der Waals surface area contributed by atoms with Gasteiger partial charge in [-0.2, -0.15) is 13.2 Å². The van der Waals surface area contributed by atoms with Gasteiger partial charge < -0.3 is 10.8 Å². The molecule has 0 aliphatic rings. The second-order valence-electron chi connectivity index (χ2n) is 4.59. The first-order valence-corrected chi connectivity index (χ1v) is 7.29. The Morgan fingerprint density at radius 1 is 1.46 bits per heavy atom. The number of pyridine rings is 1. The number of nitrogen functional groups attached to an aromatic ring is 1. The van der Waals surface area contributed by atoms with Crippen LogP contribution in [-0.4, -0.2) is 28.0 Å². The van der Waals surface area contributed by atoms with Crippen LogP contribution in [0.25, 0.3) is 0 Å². The second kappa shape index (κ2) is 8.11. The normalized spacial score (nSPS) is 12.4. The van der Waals surface area contributed by atoms with Crippen LogP contribution in [0.15, 0.2) is 23.3 Å². The number of rotatable bonds is 5. The fourth-order valence-electron chi connectivity index (χ4n) is 1.55. The van der Waals surface area contributed by atoms with E-state index in [0.29, 0.717) is 12.5 Å². The van der Waals surface area contributed by atoms with Gasteiger partial charge in [0, 0.05) is 0 Å². The summed E-state index contributed by atoms with van der Waals surface area (Å²) >= 11 is 2.61. The van der Waals surface area contributed by atoms with E-state index in [4.69, 9.17) is 5.73 Å². The van der Waals surface area contributed by atoms with Crippen LogP contribution in [0.5, 0.6) is 0 Å². The van der Waals surface area contributed by atoms with Crippen molar-refractivity contribution in [2.75, 3.05) is 5.73 Å². The largest absolute Gasteiger partial charge is 0.419 e. The number of nitrogens with zero attached hydrogens (tertiary/aromatic N) is 1. The lowest BCUT2D eigenvalue weighted by atomic mass is 10.2. The number of nitrogens with two attached hydrogens (primary N) is 1. The van der Waals surface area contributed by atoms with Gasteiger partial charge in [-0.3, -0.25) is 20.4 Å². The first-order chi connectivity index (χ1) is 11.1. The highest BCUT2D eigenvalue weighted by atomic mass is 79.9. The third-order valence-corrected chi connectivity index (χ3v) is 3.38. The lowest BCUT2D eigenvalue weighted by molar-refractivity contribution is -0.138. The molecule has 1 unspecified atom stereocenters. The summed E-state index contributed by atoms with van der Waals surface area (Å²) in [5.41, 5.74) is 7.06. The summed E-state index contributed by atoms with van der Waals surface area (Å²) in [5, 5.41) is 9.47. The van der Waals surface area contributed by atoms with Crippen LogP contribution in [0.3, 0.4) is 0 Å². The van der Waals surface area contributed by atoms with Gasteiger partial charge in [-0.1, -0.05) is 6.08 Å². The number of aliphatic hydroxyl groups excluding tert-OH is 1. The average molecular weight is 411 g/mol. The molecule has 7 nitrogen and oxygen atoms in total. The molecule has 1 aromatic heterocycles. The van der Waals surface area contributed by atoms with Gasteiger partial charge in [-0.05, 0) is 34.8 Å². The minimum Gasteiger partial charge on any atom is -0.397 e. The van der Waals surface area contributed by atoms with Crippen molar-refractivity contribution in [2.45, 2.75) is 25.1 Å². The average Bonchev–Trinajstić information content (AvgIpc) is 2.50. The number of alkyl halides is 3. The van der Waals surface area contributed by atoms with Crippen molar-refractivity contribution in [1.82, 2.24) is 15.8 Å². The molecule has 0 bridgehead atoms. The van der Waals surface area contributed by atoms with E-state index in [-0.39, 0.29) is 6.42 Å². The zero-order chi connectivity index (χ0) is 18.5. The molecule has 11 heteroatoms. The number of nitrogens with one attached hydrogen (secondary N) is 2. The molecular weight excluding hydrogens is 397 g/mol. The van der Waals surface area contributed by atoms with E-state index in [0.717, 1.165) is 0 Å². The molecule has 0 radical (unpaired) electrons. The Hall–Kier alpha value is -2.14. The van der Waals surface area contributed by atoms with Gasteiger partial charge in [0.15, 0.2) is 5.69 Å². The Labute approximate surface area is 143 Å². The summed E-state index contributed by atoms with van der Waals surface area (Å²) in [7, 11) is 0. The van der Waals surface area contributed by atoms with E-state index in [1.165, 1.54) is 6.08 Å². The van der Waals surface area contributed by atoms with Crippen LogP contribution in [0.1, 0.15) is 28.9 Å². The molecule has 1 rings (SSSR count). The number of aliphatic hydroxyl groups is 1. The summed E-state index contributed by atoms with van der Waals surface area (Å²) in [6, 6.07) is 0.548. The molecule has 24 heavy (non-hydrogen) atoms. The summed E-state index contributed by atoms with van der Waals surface area (Å²) in [6.07, 6.45) is -4.11. The fraction of sp³-hybridized carbons (Fsp3) is 0.308. The number of amides is 2. The first-order valence-electron chi connectivity index (χ1n) is 6.50. The first kappa shape index (κ1) is 19.9. The number of carbonyl (C=O) groups is 2. The molecule has 0 aliphatic heterocycles. The minimum atomic E-state index is -4.70. The minimum absolute atomic E-state index is 0.0947. The highest BCUT2D eigenvalue weighted by Crippen LogP contribution is 2.35. The van der Waals surface area contributed by atoms with Crippen molar-refractivity contribution in [3.8, 4) is 0 Å². The Morgan fingerprint density at radius 2 is 2.08 bits per heavy atom. The molecule has 132 valence electrons. The number of allylic oxidation sites excluding steroid dienone is 1. The monoisotopic (exact) mass is 410 g/mol. The molecule has 5 N–H and O–H groups in total. The molecule has 1 heterocycles. The quantitative estimate of drug-likeness (QED) is 0.333. The summed E-state index contributed by atoms with van der Waals surface area (Å²) in [5.74, 6) is -1.93. The second-order valence-corrected chi connectivity index (χ2v) is 5.34. The third-order valence-electron chi connectivity index (χ3n) is 2.77. The zero-order valence-electron chi connectivity index (χ0n) is 12.2. The van der Waals surface area contributed by atoms with E-state index in [2.05, 4.69) is 27.5 Å². The van der Waals surface area contributed by atoms with Gasteiger partial charge in [0.2, 0.25) is 0 Å². The predicted molar refractivity (Wildman–Crippen MR) is 82.4 cm³/mol. The summed E-state index contributed by atoms with van der Waals surface area (Å²) in [4.78, 5) is 26.8. The molecule has 2 amide bonds. The SMILES string of the molecule is C=CCCC(O)C(=O)NNC(=O)c1nc(Br)c(C(F)(F)F)cc1N. The molecule has 1 atom stereocenters. The number of halogens is 4. The van der Waals surface area contributed by atoms with Gasteiger partial charge in [0.05, 0.1) is 11.3 Å². The van der Waals surface area contributed by atoms with Gasteiger partial charge in [-0.25, -0.2) is 4.98 Å². The van der Waals surface area contributed by atoms with Gasteiger partial charge in [-0.15, -0.1) is 6.58 Å². The predicted octanol–water partition coefficient (Wildman–Crippen LogP) is 1.53. The maximum atomic E-state index is 12.7. The van der Waals surface area contributed by atoms with Crippen LogP contribution in [0.4, 0.5) is 18.9 Å². The Kier molecular flexibility index (Phi) is 6.72. The Bertz CT molecular complexity index is 652. The molecule has 0 aromatic carbocycles. The molecule has 0 saturated carbocycles. The highest BCUT2D eigenvalue weighted by molar-refractivity contribution is 9.10. The Balaban J connectivity index is 2.81. The van der Waals surface area contributed by atoms with Crippen molar-refractivity contribution < 1.29 is 27.9 Å². The van der Waals surface area contributed by atoms with E-state index in [9.17, 15) is 27.9 Å². The maximum absolute atomic E-state index is 12.7. The molecular formula is C13H14BrF3N4O3. The third kappa shape index (κ3) is 5.20. The van der Waals surface area contributed by atoms with Crippen LogP contribution in [0.2, 0.25) is 0 Å². The van der Waals surface area contributed by atoms with Gasteiger partial charge in [0.1, 0.15) is 10.7 Å². The van der Waals surface area contributed by atoms with Crippen LogP contribution in [0, 0.1) is 0 Å². The van der Waals surface area contributed by atoms with Crippen molar-refractivity contribution in [3.63, 3.8) is 0 Å². The zero-order valence-corrected chi connectivity index (χ0v) is 13.7. The number of hydrogen-bond donors (Lipinski definition) is 4. The summed E-state index contributed by atoms with van der Waals surface area (Å²) in [6.45, 7) is 3.43. The van der Waals surface area contributed by atoms with E-state index in [1.54, 1.807) is 0 Å². The summed E-state index contributed by atoms with van der Waals surface area (Å²) < 4.78 is 37.4. The van der Waals surface area contributed by atoms with Crippen molar-refractivity contribution >= 4 is 33.4 Å². The smallest absolute Gasteiger partial charge is 0.397 e. The van der Waals surface area contributed by atoms with Crippen LogP contribution >= 0.6 is 15.9 Å². The topological polar surface area (TPSA) is 117 Å². The molecule has 1 aromatic rings. The van der Waals surface area contributed by atoms with E-state index < -0.39 is 45.6 Å². The lowest BCUT2D eigenvalue weighted by Crippen LogP contribution is -2.46. The van der Waals surface area contributed by atoms with Crippen molar-refractivity contribution in [3.05, 3.63) is 34.6 Å².